The van der Waals surface area contributed by atoms with Crippen LogP contribution >= 0.6 is 0 Å². The molecule has 0 amide bonds. The van der Waals surface area contributed by atoms with Crippen molar-refractivity contribution in [1.82, 2.24) is 4.90 Å². The average Bonchev–Trinajstić information content (AvgIpc) is 2.62. The van der Waals surface area contributed by atoms with Gasteiger partial charge in [-0.2, -0.15) is 21.6 Å². The Morgan fingerprint density at radius 2 is 2.12 bits per heavy atom. The highest BCUT2D eigenvalue weighted by Gasteiger charge is 2.49. The van der Waals surface area contributed by atoms with Crippen LogP contribution in [-0.4, -0.2) is 38.0 Å². The van der Waals surface area contributed by atoms with E-state index in [9.17, 15) is 21.6 Å². The lowest BCUT2D eigenvalue weighted by atomic mass is 10.1. The van der Waals surface area contributed by atoms with E-state index in [0.29, 0.717) is 6.54 Å². The van der Waals surface area contributed by atoms with Crippen molar-refractivity contribution in [3.8, 4) is 0 Å². The first-order chi connectivity index (χ1) is 7.79. The minimum absolute atomic E-state index is 0.0922. The van der Waals surface area contributed by atoms with Crippen LogP contribution in [-0.2, 0) is 14.3 Å². The molecule has 2 heterocycles. The Morgan fingerprint density at radius 1 is 1.41 bits per heavy atom. The molecule has 0 aromatic heterocycles. The Bertz CT molecular complexity index is 429. The summed E-state index contributed by atoms with van der Waals surface area (Å²) >= 11 is 0. The SMILES string of the molecule is O=S(=O)(OC1=CCN2CCC[C@H]2C1)C(F)(F)F. The molecule has 0 N–H and O–H groups in total. The number of halogens is 3. The third-order valence-electron chi connectivity index (χ3n) is 2.99. The molecule has 2 rings (SSSR count). The maximum absolute atomic E-state index is 12.1. The van der Waals surface area contributed by atoms with Gasteiger partial charge in [0.2, 0.25) is 0 Å². The van der Waals surface area contributed by atoms with E-state index in [1.165, 1.54) is 6.08 Å². The summed E-state index contributed by atoms with van der Waals surface area (Å²) in [4.78, 5) is 2.10. The van der Waals surface area contributed by atoms with Gasteiger partial charge in [0.15, 0.2) is 0 Å². The Kier molecular flexibility index (Phi) is 3.11. The van der Waals surface area contributed by atoms with Crippen LogP contribution in [0.1, 0.15) is 19.3 Å². The van der Waals surface area contributed by atoms with E-state index < -0.39 is 15.6 Å². The molecule has 0 aromatic carbocycles. The first-order valence-electron chi connectivity index (χ1n) is 5.23. The van der Waals surface area contributed by atoms with E-state index in [1.54, 1.807) is 0 Å². The quantitative estimate of drug-likeness (QED) is 0.565. The third-order valence-corrected chi connectivity index (χ3v) is 3.99. The van der Waals surface area contributed by atoms with E-state index in [2.05, 4.69) is 9.08 Å². The molecule has 98 valence electrons. The molecule has 2 aliphatic rings. The van der Waals surface area contributed by atoms with Gasteiger partial charge in [-0.1, -0.05) is 0 Å². The van der Waals surface area contributed by atoms with E-state index >= 15 is 0 Å². The lowest BCUT2D eigenvalue weighted by Gasteiger charge is -2.28. The Labute approximate surface area is 97.2 Å². The summed E-state index contributed by atoms with van der Waals surface area (Å²) in [6, 6.07) is 0.110. The van der Waals surface area contributed by atoms with Crippen LogP contribution in [0.3, 0.4) is 0 Å². The minimum Gasteiger partial charge on any atom is -0.381 e. The van der Waals surface area contributed by atoms with Crippen molar-refractivity contribution in [1.29, 1.82) is 0 Å². The number of alkyl halides is 3. The molecule has 0 saturated carbocycles. The van der Waals surface area contributed by atoms with Gasteiger partial charge in [0.1, 0.15) is 5.76 Å². The van der Waals surface area contributed by atoms with Crippen LogP contribution in [0.25, 0.3) is 0 Å². The molecule has 0 spiro atoms. The molecule has 2 aliphatic heterocycles. The maximum Gasteiger partial charge on any atom is 0.534 e. The topological polar surface area (TPSA) is 46.6 Å². The second-order valence-electron chi connectivity index (χ2n) is 4.15. The summed E-state index contributed by atoms with van der Waals surface area (Å²) in [6.07, 6.45) is 3.49. The highest BCUT2D eigenvalue weighted by atomic mass is 32.2. The summed E-state index contributed by atoms with van der Waals surface area (Å²) < 4.78 is 62.1. The van der Waals surface area contributed by atoms with Crippen molar-refractivity contribution in [2.75, 3.05) is 13.1 Å². The maximum atomic E-state index is 12.1. The number of rotatable bonds is 2. The van der Waals surface area contributed by atoms with Crippen molar-refractivity contribution in [3.05, 3.63) is 11.8 Å². The Hall–Kier alpha value is -0.760. The van der Waals surface area contributed by atoms with Crippen LogP contribution in [0.2, 0.25) is 0 Å². The fourth-order valence-corrected chi connectivity index (χ4v) is 2.67. The summed E-state index contributed by atoms with van der Waals surface area (Å²) in [7, 11) is -5.51. The second kappa shape index (κ2) is 4.16. The van der Waals surface area contributed by atoms with Gasteiger partial charge in [-0.15, -0.1) is 0 Å². The van der Waals surface area contributed by atoms with Crippen LogP contribution in [0, 0.1) is 0 Å². The Balaban J connectivity index is 2.06. The van der Waals surface area contributed by atoms with Crippen molar-refractivity contribution in [2.45, 2.75) is 30.8 Å². The molecule has 4 nitrogen and oxygen atoms in total. The number of hydrogen-bond donors (Lipinski definition) is 0. The highest BCUT2D eigenvalue weighted by molar-refractivity contribution is 7.87. The van der Waals surface area contributed by atoms with Gasteiger partial charge in [-0.05, 0) is 25.5 Å². The molecule has 0 bridgehead atoms. The van der Waals surface area contributed by atoms with Gasteiger partial charge in [0.05, 0.1) is 0 Å². The lowest BCUT2D eigenvalue weighted by Crippen LogP contribution is -2.35. The average molecular weight is 271 g/mol. The fourth-order valence-electron chi connectivity index (χ4n) is 2.16. The zero-order valence-electron chi connectivity index (χ0n) is 8.90. The van der Waals surface area contributed by atoms with Crippen molar-refractivity contribution in [2.24, 2.45) is 0 Å². The molecule has 1 saturated heterocycles. The predicted octanol–water partition coefficient (Wildman–Crippen LogP) is 1.60. The first kappa shape index (κ1) is 12.7. The molecule has 17 heavy (non-hydrogen) atoms. The molecule has 1 fully saturated rings. The smallest absolute Gasteiger partial charge is 0.381 e. The fraction of sp³-hybridized carbons (Fsp3) is 0.778. The van der Waals surface area contributed by atoms with Crippen LogP contribution in [0.15, 0.2) is 11.8 Å². The van der Waals surface area contributed by atoms with E-state index in [4.69, 9.17) is 0 Å². The molecule has 0 aliphatic carbocycles. The summed E-state index contributed by atoms with van der Waals surface area (Å²) in [5, 5.41) is 0. The zero-order valence-corrected chi connectivity index (χ0v) is 9.72. The van der Waals surface area contributed by atoms with Crippen LogP contribution < -0.4 is 0 Å². The lowest BCUT2D eigenvalue weighted by molar-refractivity contribution is -0.0526. The highest BCUT2D eigenvalue weighted by Crippen LogP contribution is 2.32. The largest absolute Gasteiger partial charge is 0.534 e. The third kappa shape index (κ3) is 2.57. The monoisotopic (exact) mass is 271 g/mol. The number of fused-ring (bicyclic) bond motifs is 1. The van der Waals surface area contributed by atoms with Gasteiger partial charge >= 0.3 is 15.6 Å². The molecular formula is C9H12F3NO3S. The van der Waals surface area contributed by atoms with Crippen molar-refractivity contribution >= 4 is 10.1 Å². The van der Waals surface area contributed by atoms with Crippen molar-refractivity contribution in [3.63, 3.8) is 0 Å². The zero-order chi connectivity index (χ0) is 12.7. The summed E-state index contributed by atoms with van der Waals surface area (Å²) in [6.45, 7) is 1.36. The van der Waals surface area contributed by atoms with E-state index in [1.807, 2.05) is 0 Å². The summed E-state index contributed by atoms with van der Waals surface area (Å²) in [5.41, 5.74) is -5.36. The van der Waals surface area contributed by atoms with Gasteiger partial charge in [-0.25, -0.2) is 0 Å². The second-order valence-corrected chi connectivity index (χ2v) is 5.69. The predicted molar refractivity (Wildman–Crippen MR) is 53.4 cm³/mol. The van der Waals surface area contributed by atoms with Crippen LogP contribution in [0.5, 0.6) is 0 Å². The van der Waals surface area contributed by atoms with Gasteiger partial charge < -0.3 is 4.18 Å². The molecule has 0 radical (unpaired) electrons. The molecule has 1 atom stereocenters. The van der Waals surface area contributed by atoms with Crippen LogP contribution in [0.4, 0.5) is 13.2 Å². The van der Waals surface area contributed by atoms with Gasteiger partial charge in [-0.3, -0.25) is 4.90 Å². The first-order valence-corrected chi connectivity index (χ1v) is 6.64. The summed E-state index contributed by atoms with van der Waals surface area (Å²) in [5.74, 6) is -0.0922. The van der Waals surface area contributed by atoms with Gasteiger partial charge in [0, 0.05) is 19.0 Å². The molecular weight excluding hydrogens is 259 g/mol. The minimum atomic E-state index is -5.51. The number of hydrogen-bond acceptors (Lipinski definition) is 4. The Morgan fingerprint density at radius 3 is 2.76 bits per heavy atom. The molecule has 8 heteroatoms. The van der Waals surface area contributed by atoms with Crippen molar-refractivity contribution < 1.29 is 25.8 Å². The molecule has 0 unspecified atom stereocenters. The van der Waals surface area contributed by atoms with Gasteiger partial charge in [0.25, 0.3) is 0 Å². The number of nitrogens with zero attached hydrogens (tertiary/aromatic N) is 1. The standard InChI is InChI=1S/C9H12F3NO3S/c10-9(11,12)17(14,15)16-8-3-5-13-4-1-2-7(13)6-8/h3,7H,1-2,4-6H2/t7-/m0/s1. The normalized spacial score (nSPS) is 26.5. The molecule has 0 aromatic rings. The van der Waals surface area contributed by atoms with E-state index in [-0.39, 0.29) is 18.2 Å². The van der Waals surface area contributed by atoms with E-state index in [0.717, 1.165) is 19.4 Å².